The third-order valence-electron chi connectivity index (χ3n) is 6.41. The highest BCUT2D eigenvalue weighted by Gasteiger charge is 2.33. The lowest BCUT2D eigenvalue weighted by molar-refractivity contribution is -0.136. The molecule has 10 heteroatoms. The summed E-state index contributed by atoms with van der Waals surface area (Å²) in [6, 6.07) is 20.4. The molecule has 6 rings (SSSR count). The zero-order valence-corrected chi connectivity index (χ0v) is 23.3. The molecule has 1 aliphatic rings. The Morgan fingerprint density at radius 3 is 2.54 bits per heavy atom. The Balaban J connectivity index is 1.56. The number of thiazole rings is 1. The molecule has 0 unspecified atom stereocenters. The summed E-state index contributed by atoms with van der Waals surface area (Å²) in [5.41, 5.74) is 3.90. The number of ether oxygens (including phenoxy) is 1. The number of rotatable bonds is 5. The van der Waals surface area contributed by atoms with E-state index in [0.717, 1.165) is 21.7 Å². The van der Waals surface area contributed by atoms with E-state index in [1.54, 1.807) is 16.2 Å². The van der Waals surface area contributed by atoms with Crippen molar-refractivity contribution < 1.29 is 9.53 Å². The maximum atomic E-state index is 13.9. The Morgan fingerprint density at radius 1 is 1.08 bits per heavy atom. The highest BCUT2D eigenvalue weighted by molar-refractivity contribution is 7.10. The predicted molar refractivity (Wildman–Crippen MR) is 154 cm³/mol. The standard InChI is InChI=1S/C29H21ClN4O3S2/c1-17-24(28(36)37-2)26(22-9-6-14-38-22)34-27(35)23(39-29(34)31-17)15-19-16-33(21-7-4-3-5-8-21)32-25(19)18-10-12-20(30)13-11-18/h3-16,26H,1-2H3/b23-15-/t26-/m0/s1. The van der Waals surface area contributed by atoms with Crippen molar-refractivity contribution in [1.82, 2.24) is 14.3 Å². The number of para-hydroxylation sites is 1. The molecule has 194 valence electrons. The molecule has 39 heavy (non-hydrogen) atoms. The van der Waals surface area contributed by atoms with Crippen molar-refractivity contribution in [1.29, 1.82) is 0 Å². The van der Waals surface area contributed by atoms with Gasteiger partial charge in [0.05, 0.1) is 28.6 Å². The number of methoxy groups -OCH3 is 1. The average Bonchev–Trinajstić information content (AvgIpc) is 3.69. The second kappa shape index (κ2) is 10.3. The molecule has 4 heterocycles. The molecule has 7 nitrogen and oxygen atoms in total. The number of hydrogen-bond acceptors (Lipinski definition) is 7. The Morgan fingerprint density at radius 2 is 1.85 bits per heavy atom. The summed E-state index contributed by atoms with van der Waals surface area (Å²) in [5, 5.41) is 7.40. The number of esters is 1. The zero-order valence-electron chi connectivity index (χ0n) is 20.9. The van der Waals surface area contributed by atoms with E-state index in [0.29, 0.717) is 31.3 Å². The number of allylic oxidation sites excluding steroid dienone is 1. The van der Waals surface area contributed by atoms with Gasteiger partial charge in [0.2, 0.25) is 0 Å². The summed E-state index contributed by atoms with van der Waals surface area (Å²) < 4.78 is 8.94. The van der Waals surface area contributed by atoms with Crippen LogP contribution in [0.25, 0.3) is 23.0 Å². The Hall–Kier alpha value is -4.05. The van der Waals surface area contributed by atoms with Crippen molar-refractivity contribution in [3.05, 3.63) is 125 Å². The third-order valence-corrected chi connectivity index (χ3v) is 8.57. The number of fused-ring (bicyclic) bond motifs is 1. The molecular weight excluding hydrogens is 552 g/mol. The first-order chi connectivity index (χ1) is 18.9. The van der Waals surface area contributed by atoms with Crippen LogP contribution in [0, 0.1) is 0 Å². The quantitative estimate of drug-likeness (QED) is 0.278. The van der Waals surface area contributed by atoms with E-state index >= 15 is 0 Å². The van der Waals surface area contributed by atoms with Gasteiger partial charge in [-0.3, -0.25) is 9.36 Å². The first-order valence-corrected chi connectivity index (χ1v) is 14.1. The van der Waals surface area contributed by atoms with Crippen LogP contribution in [0.1, 0.15) is 23.4 Å². The lowest BCUT2D eigenvalue weighted by Gasteiger charge is -2.22. The van der Waals surface area contributed by atoms with E-state index < -0.39 is 12.0 Å². The van der Waals surface area contributed by atoms with Gasteiger partial charge in [-0.05, 0) is 48.7 Å². The number of aromatic nitrogens is 3. The van der Waals surface area contributed by atoms with Crippen molar-refractivity contribution in [3.63, 3.8) is 0 Å². The zero-order chi connectivity index (χ0) is 27.1. The normalized spacial score (nSPS) is 15.3. The van der Waals surface area contributed by atoms with Crippen LogP contribution < -0.4 is 14.9 Å². The van der Waals surface area contributed by atoms with E-state index in [1.165, 1.54) is 29.8 Å². The summed E-state index contributed by atoms with van der Waals surface area (Å²) >= 11 is 8.90. The van der Waals surface area contributed by atoms with Crippen molar-refractivity contribution in [3.8, 4) is 16.9 Å². The highest BCUT2D eigenvalue weighted by atomic mass is 35.5. The summed E-state index contributed by atoms with van der Waals surface area (Å²) in [7, 11) is 1.34. The summed E-state index contributed by atoms with van der Waals surface area (Å²) in [4.78, 5) is 32.7. The molecule has 0 bridgehead atoms. The number of nitrogens with zero attached hydrogens (tertiary/aromatic N) is 4. The summed E-state index contributed by atoms with van der Waals surface area (Å²) in [5.74, 6) is -0.502. The smallest absolute Gasteiger partial charge is 0.338 e. The van der Waals surface area contributed by atoms with Gasteiger partial charge in [0.15, 0.2) is 4.80 Å². The van der Waals surface area contributed by atoms with Gasteiger partial charge in [0.1, 0.15) is 11.7 Å². The van der Waals surface area contributed by atoms with E-state index in [4.69, 9.17) is 21.4 Å². The fourth-order valence-electron chi connectivity index (χ4n) is 4.59. The van der Waals surface area contributed by atoms with Crippen molar-refractivity contribution in [2.75, 3.05) is 7.11 Å². The van der Waals surface area contributed by atoms with Gasteiger partial charge in [-0.25, -0.2) is 14.5 Å². The predicted octanol–water partition coefficient (Wildman–Crippen LogP) is 4.98. The molecule has 0 spiro atoms. The van der Waals surface area contributed by atoms with Gasteiger partial charge in [0, 0.05) is 27.2 Å². The minimum absolute atomic E-state index is 0.236. The van der Waals surface area contributed by atoms with Gasteiger partial charge in [-0.1, -0.05) is 59.3 Å². The van der Waals surface area contributed by atoms with E-state index in [2.05, 4.69) is 4.99 Å². The lowest BCUT2D eigenvalue weighted by Crippen LogP contribution is -2.39. The van der Waals surface area contributed by atoms with Crippen LogP contribution in [-0.4, -0.2) is 27.4 Å². The second-order valence-electron chi connectivity index (χ2n) is 8.81. The fourth-order valence-corrected chi connectivity index (χ4v) is 6.57. The van der Waals surface area contributed by atoms with Crippen molar-refractivity contribution in [2.45, 2.75) is 13.0 Å². The van der Waals surface area contributed by atoms with E-state index in [9.17, 15) is 9.59 Å². The van der Waals surface area contributed by atoms with Gasteiger partial charge in [-0.15, -0.1) is 11.3 Å². The van der Waals surface area contributed by atoms with Gasteiger partial charge >= 0.3 is 5.97 Å². The van der Waals surface area contributed by atoms with Crippen molar-refractivity contribution in [2.24, 2.45) is 4.99 Å². The van der Waals surface area contributed by atoms with Crippen LogP contribution in [0.15, 0.2) is 99.4 Å². The Bertz CT molecular complexity index is 1900. The number of benzene rings is 2. The third kappa shape index (κ3) is 4.58. The van der Waals surface area contributed by atoms with Crippen LogP contribution in [0.2, 0.25) is 5.02 Å². The molecule has 0 N–H and O–H groups in total. The molecule has 0 radical (unpaired) electrons. The molecule has 0 fully saturated rings. The van der Waals surface area contributed by atoms with Crippen LogP contribution in [0.4, 0.5) is 0 Å². The summed E-state index contributed by atoms with van der Waals surface area (Å²) in [6.45, 7) is 1.77. The van der Waals surface area contributed by atoms with Crippen LogP contribution in [-0.2, 0) is 9.53 Å². The lowest BCUT2D eigenvalue weighted by atomic mass is 10.0. The molecule has 3 aromatic heterocycles. The van der Waals surface area contributed by atoms with Gasteiger partial charge in [0.25, 0.3) is 5.56 Å². The molecule has 0 saturated carbocycles. The number of carbonyl (C=O) groups is 1. The maximum absolute atomic E-state index is 13.9. The average molecular weight is 573 g/mol. The number of thiophene rings is 1. The molecule has 1 atom stereocenters. The minimum Gasteiger partial charge on any atom is -0.466 e. The van der Waals surface area contributed by atoms with Crippen molar-refractivity contribution >= 4 is 46.3 Å². The highest BCUT2D eigenvalue weighted by Crippen LogP contribution is 2.33. The van der Waals surface area contributed by atoms with Crippen LogP contribution >= 0.6 is 34.3 Å². The number of halogens is 1. The number of carbonyl (C=O) groups excluding carboxylic acids is 1. The van der Waals surface area contributed by atoms with E-state index in [-0.39, 0.29) is 5.56 Å². The molecular formula is C29H21ClN4O3S2. The van der Waals surface area contributed by atoms with Gasteiger partial charge in [-0.2, -0.15) is 5.10 Å². The molecule has 0 saturated heterocycles. The Labute approximate surface area is 236 Å². The second-order valence-corrected chi connectivity index (χ2v) is 11.2. The largest absolute Gasteiger partial charge is 0.466 e. The van der Waals surface area contributed by atoms with E-state index in [1.807, 2.05) is 84.4 Å². The fraction of sp³-hybridized carbons (Fsp3) is 0.103. The van der Waals surface area contributed by atoms with Crippen LogP contribution in [0.3, 0.4) is 0 Å². The first-order valence-electron chi connectivity index (χ1n) is 12.0. The molecule has 2 aromatic carbocycles. The first kappa shape index (κ1) is 25.2. The molecule has 0 aliphatic carbocycles. The summed E-state index contributed by atoms with van der Waals surface area (Å²) in [6.07, 6.45) is 3.74. The monoisotopic (exact) mass is 572 g/mol. The van der Waals surface area contributed by atoms with Gasteiger partial charge < -0.3 is 4.74 Å². The topological polar surface area (TPSA) is 78.5 Å². The number of hydrogen-bond donors (Lipinski definition) is 0. The maximum Gasteiger partial charge on any atom is 0.338 e. The SMILES string of the molecule is COC(=O)C1=C(C)N=c2s/c(=C\c3cn(-c4ccccc4)nc3-c3ccc(Cl)cc3)c(=O)n2[C@H]1c1cccs1. The van der Waals surface area contributed by atoms with Crippen LogP contribution in [0.5, 0.6) is 0 Å². The Kier molecular flexibility index (Phi) is 6.64. The molecule has 5 aromatic rings. The molecule has 0 amide bonds. The minimum atomic E-state index is -0.612. The molecule has 1 aliphatic heterocycles.